The lowest BCUT2D eigenvalue weighted by atomic mass is 10.2. The van der Waals surface area contributed by atoms with E-state index in [-0.39, 0.29) is 0 Å². The first kappa shape index (κ1) is 10.2. The van der Waals surface area contributed by atoms with Crippen LogP contribution in [0.5, 0.6) is 0 Å². The van der Waals surface area contributed by atoms with Crippen LogP contribution in [0.3, 0.4) is 0 Å². The van der Waals surface area contributed by atoms with Crippen LogP contribution in [0.1, 0.15) is 0 Å². The van der Waals surface area contributed by atoms with Crippen molar-refractivity contribution < 1.29 is 34.4 Å². The predicted octanol–water partition coefficient (Wildman–Crippen LogP) is -2.39. The summed E-state index contributed by atoms with van der Waals surface area (Å²) in [5.41, 5.74) is 0. The van der Waals surface area contributed by atoms with E-state index in [2.05, 4.69) is 9.26 Å². The summed E-state index contributed by atoms with van der Waals surface area (Å²) in [5.74, 6) is 0. The van der Waals surface area contributed by atoms with Crippen LogP contribution in [0.15, 0.2) is 0 Å². The fourth-order valence-corrected chi connectivity index (χ4v) is 1.17. The standard InChI is InChI=1S/C4H9O7P/c5-1-2(6)4(10-3(1)7)11-12(8)9/h1-9H. The van der Waals surface area contributed by atoms with Crippen molar-refractivity contribution in [2.24, 2.45) is 0 Å². The van der Waals surface area contributed by atoms with Crippen molar-refractivity contribution in [3.8, 4) is 0 Å². The summed E-state index contributed by atoms with van der Waals surface area (Å²) in [4.78, 5) is 16.7. The van der Waals surface area contributed by atoms with Gasteiger partial charge in [0, 0.05) is 0 Å². The zero-order valence-electron chi connectivity index (χ0n) is 5.81. The van der Waals surface area contributed by atoms with Crippen LogP contribution in [0, 0.1) is 0 Å². The largest absolute Gasteiger partial charge is 0.385 e. The molecule has 12 heavy (non-hydrogen) atoms. The van der Waals surface area contributed by atoms with E-state index >= 15 is 0 Å². The van der Waals surface area contributed by atoms with Gasteiger partial charge in [0.05, 0.1) is 0 Å². The van der Waals surface area contributed by atoms with Crippen LogP contribution in [0.2, 0.25) is 0 Å². The van der Waals surface area contributed by atoms with Gasteiger partial charge >= 0.3 is 8.60 Å². The second kappa shape index (κ2) is 3.91. The number of ether oxygens (including phenoxy) is 1. The summed E-state index contributed by atoms with van der Waals surface area (Å²) in [6.45, 7) is 0. The van der Waals surface area contributed by atoms with E-state index in [0.717, 1.165) is 0 Å². The highest BCUT2D eigenvalue weighted by Gasteiger charge is 2.43. The second-order valence-corrected chi connectivity index (χ2v) is 2.95. The Kier molecular flexibility index (Phi) is 3.33. The molecular weight excluding hydrogens is 191 g/mol. The average Bonchev–Trinajstić information content (AvgIpc) is 2.17. The van der Waals surface area contributed by atoms with Crippen molar-refractivity contribution in [2.75, 3.05) is 0 Å². The van der Waals surface area contributed by atoms with Gasteiger partial charge in [0.1, 0.15) is 12.2 Å². The van der Waals surface area contributed by atoms with E-state index in [4.69, 9.17) is 25.1 Å². The fraction of sp³-hybridized carbons (Fsp3) is 1.00. The molecule has 7 nitrogen and oxygen atoms in total. The molecule has 0 aromatic carbocycles. The zero-order chi connectivity index (χ0) is 9.30. The molecule has 0 aliphatic carbocycles. The summed E-state index contributed by atoms with van der Waals surface area (Å²) in [6.07, 6.45) is -5.95. The molecule has 0 amide bonds. The Bertz CT molecular complexity index is 150. The Morgan fingerprint density at radius 1 is 1.08 bits per heavy atom. The number of aliphatic hydroxyl groups excluding tert-OH is 3. The quantitative estimate of drug-likeness (QED) is 0.315. The highest BCUT2D eigenvalue weighted by atomic mass is 31.2. The van der Waals surface area contributed by atoms with Crippen molar-refractivity contribution in [3.63, 3.8) is 0 Å². The van der Waals surface area contributed by atoms with E-state index in [1.807, 2.05) is 0 Å². The molecule has 1 heterocycles. The fourth-order valence-electron chi connectivity index (χ4n) is 0.808. The summed E-state index contributed by atoms with van der Waals surface area (Å²) in [5, 5.41) is 26.7. The first-order valence-electron chi connectivity index (χ1n) is 3.06. The molecule has 8 heteroatoms. The third kappa shape index (κ3) is 2.09. The summed E-state index contributed by atoms with van der Waals surface area (Å²) in [6, 6.07) is 0. The second-order valence-electron chi connectivity index (χ2n) is 2.23. The Labute approximate surface area is 68.8 Å². The van der Waals surface area contributed by atoms with Crippen molar-refractivity contribution >= 4 is 8.60 Å². The van der Waals surface area contributed by atoms with Gasteiger partial charge in [-0.25, -0.2) is 0 Å². The SMILES string of the molecule is OC1OC(OP(O)O)C(O)C1O. The molecule has 0 bridgehead atoms. The molecule has 72 valence electrons. The van der Waals surface area contributed by atoms with Crippen molar-refractivity contribution in [1.29, 1.82) is 0 Å². The Hall–Kier alpha value is 0.150. The van der Waals surface area contributed by atoms with Gasteiger partial charge in [-0.2, -0.15) is 0 Å². The van der Waals surface area contributed by atoms with Gasteiger partial charge in [-0.05, 0) is 0 Å². The van der Waals surface area contributed by atoms with Crippen LogP contribution in [0.25, 0.3) is 0 Å². The molecule has 0 saturated carbocycles. The predicted molar refractivity (Wildman–Crippen MR) is 35.3 cm³/mol. The number of hydrogen-bond acceptors (Lipinski definition) is 7. The molecule has 0 spiro atoms. The normalized spacial score (nSPS) is 42.5. The highest BCUT2D eigenvalue weighted by molar-refractivity contribution is 7.39. The van der Waals surface area contributed by atoms with Crippen molar-refractivity contribution in [1.82, 2.24) is 0 Å². The number of rotatable bonds is 2. The van der Waals surface area contributed by atoms with Gasteiger partial charge in [-0.3, -0.25) is 4.52 Å². The molecule has 5 N–H and O–H groups in total. The van der Waals surface area contributed by atoms with E-state index in [9.17, 15) is 0 Å². The topological polar surface area (TPSA) is 120 Å². The van der Waals surface area contributed by atoms with E-state index < -0.39 is 33.4 Å². The summed E-state index contributed by atoms with van der Waals surface area (Å²) < 4.78 is 8.67. The minimum Gasteiger partial charge on any atom is -0.385 e. The Morgan fingerprint density at radius 2 is 1.67 bits per heavy atom. The lowest BCUT2D eigenvalue weighted by Crippen LogP contribution is -2.32. The molecule has 0 aromatic heterocycles. The van der Waals surface area contributed by atoms with E-state index in [0.29, 0.717) is 0 Å². The van der Waals surface area contributed by atoms with Gasteiger partial charge in [0.25, 0.3) is 0 Å². The minimum absolute atomic E-state index is 1.41. The van der Waals surface area contributed by atoms with Crippen LogP contribution >= 0.6 is 8.60 Å². The van der Waals surface area contributed by atoms with Crippen LogP contribution in [-0.4, -0.2) is 49.9 Å². The number of aliphatic hydroxyl groups is 3. The maximum atomic E-state index is 9.00. The molecular formula is C4H9O7P. The van der Waals surface area contributed by atoms with E-state index in [1.165, 1.54) is 0 Å². The summed E-state index contributed by atoms with van der Waals surface area (Å²) in [7, 11) is -2.68. The van der Waals surface area contributed by atoms with Crippen molar-refractivity contribution in [2.45, 2.75) is 24.8 Å². The summed E-state index contributed by atoms with van der Waals surface area (Å²) >= 11 is 0. The van der Waals surface area contributed by atoms with Crippen molar-refractivity contribution in [3.05, 3.63) is 0 Å². The van der Waals surface area contributed by atoms with Crippen LogP contribution in [0.4, 0.5) is 0 Å². The lowest BCUT2D eigenvalue weighted by molar-refractivity contribution is -0.173. The minimum atomic E-state index is -2.68. The molecule has 1 aliphatic rings. The van der Waals surface area contributed by atoms with Crippen LogP contribution < -0.4 is 0 Å². The molecule has 4 unspecified atom stereocenters. The molecule has 1 saturated heterocycles. The van der Waals surface area contributed by atoms with Gasteiger partial charge < -0.3 is 29.8 Å². The van der Waals surface area contributed by atoms with Gasteiger partial charge in [0.2, 0.25) is 0 Å². The van der Waals surface area contributed by atoms with Gasteiger partial charge in [0.15, 0.2) is 12.6 Å². The Morgan fingerprint density at radius 3 is 2.00 bits per heavy atom. The van der Waals surface area contributed by atoms with Crippen LogP contribution in [-0.2, 0) is 9.26 Å². The molecule has 0 aromatic rings. The first-order valence-corrected chi connectivity index (χ1v) is 4.23. The molecule has 1 fully saturated rings. The van der Waals surface area contributed by atoms with Gasteiger partial charge in [-0.1, -0.05) is 0 Å². The van der Waals surface area contributed by atoms with E-state index in [1.54, 1.807) is 0 Å². The zero-order valence-corrected chi connectivity index (χ0v) is 6.70. The Balaban J connectivity index is 2.47. The monoisotopic (exact) mass is 200 g/mol. The smallest absolute Gasteiger partial charge is 0.329 e. The maximum absolute atomic E-state index is 9.00. The average molecular weight is 200 g/mol. The molecule has 0 radical (unpaired) electrons. The lowest BCUT2D eigenvalue weighted by Gasteiger charge is -2.14. The first-order chi connectivity index (χ1) is 5.52. The highest BCUT2D eigenvalue weighted by Crippen LogP contribution is 2.32. The maximum Gasteiger partial charge on any atom is 0.329 e. The molecule has 1 aliphatic heterocycles. The van der Waals surface area contributed by atoms with Gasteiger partial charge in [-0.15, -0.1) is 0 Å². The molecule has 1 rings (SSSR count). The third-order valence-corrected chi connectivity index (χ3v) is 1.79. The molecule has 4 atom stereocenters. The third-order valence-electron chi connectivity index (χ3n) is 1.39. The number of hydrogen-bond donors (Lipinski definition) is 5.